The van der Waals surface area contributed by atoms with Gasteiger partial charge in [-0.15, -0.1) is 0 Å². The van der Waals surface area contributed by atoms with Crippen LogP contribution in [0, 0.1) is 26.7 Å². The summed E-state index contributed by atoms with van der Waals surface area (Å²) in [4.78, 5) is 27.3. The van der Waals surface area contributed by atoms with Crippen molar-refractivity contribution in [1.82, 2.24) is 0 Å². The highest BCUT2D eigenvalue weighted by Gasteiger charge is 2.36. The number of hydrogen-bond acceptors (Lipinski definition) is 3. The minimum atomic E-state index is -0.389. The maximum absolute atomic E-state index is 12.9. The van der Waals surface area contributed by atoms with Gasteiger partial charge in [-0.2, -0.15) is 0 Å². The Morgan fingerprint density at radius 2 is 1.79 bits per heavy atom. The van der Waals surface area contributed by atoms with Crippen LogP contribution in [0.25, 0.3) is 0 Å². The summed E-state index contributed by atoms with van der Waals surface area (Å²) in [5.74, 6) is 0.0805. The Balaban J connectivity index is 1.77. The van der Waals surface area contributed by atoms with E-state index in [0.29, 0.717) is 18.0 Å². The summed E-state index contributed by atoms with van der Waals surface area (Å²) in [6.07, 6.45) is 0.222. The Kier molecular flexibility index (Phi) is 5.73. The van der Waals surface area contributed by atoms with Crippen LogP contribution in [0.1, 0.15) is 37.0 Å². The molecule has 1 aliphatic rings. The van der Waals surface area contributed by atoms with E-state index in [1.54, 1.807) is 4.90 Å². The van der Waals surface area contributed by atoms with E-state index in [0.717, 1.165) is 16.8 Å². The Morgan fingerprint density at radius 3 is 2.43 bits per heavy atom. The number of carbonyl (C=O) groups is 2. The summed E-state index contributed by atoms with van der Waals surface area (Å²) in [5, 5.41) is 2.95. The zero-order valence-electron chi connectivity index (χ0n) is 17.2. The molecule has 1 heterocycles. The number of amides is 2. The van der Waals surface area contributed by atoms with Gasteiger partial charge in [0, 0.05) is 18.7 Å². The van der Waals surface area contributed by atoms with Gasteiger partial charge in [0.25, 0.3) is 0 Å². The maximum Gasteiger partial charge on any atom is 0.229 e. The van der Waals surface area contributed by atoms with Crippen LogP contribution in [0.4, 0.5) is 11.4 Å². The van der Waals surface area contributed by atoms with Crippen molar-refractivity contribution in [2.45, 2.75) is 47.1 Å². The van der Waals surface area contributed by atoms with Gasteiger partial charge in [-0.05, 0) is 57.9 Å². The normalized spacial score (nSPS) is 16.6. The van der Waals surface area contributed by atoms with Crippen LogP contribution in [-0.4, -0.2) is 24.5 Å². The number of benzene rings is 2. The highest BCUT2D eigenvalue weighted by molar-refractivity contribution is 6.04. The van der Waals surface area contributed by atoms with Crippen LogP contribution in [0.2, 0.25) is 0 Å². The summed E-state index contributed by atoms with van der Waals surface area (Å²) in [5.41, 5.74) is 4.84. The van der Waals surface area contributed by atoms with Crippen molar-refractivity contribution in [2.24, 2.45) is 5.92 Å². The summed E-state index contributed by atoms with van der Waals surface area (Å²) in [7, 11) is 0. The predicted molar refractivity (Wildman–Crippen MR) is 112 cm³/mol. The van der Waals surface area contributed by atoms with Gasteiger partial charge in [0.1, 0.15) is 5.75 Å². The van der Waals surface area contributed by atoms with Crippen molar-refractivity contribution in [3.63, 3.8) is 0 Å². The first-order chi connectivity index (χ1) is 13.3. The topological polar surface area (TPSA) is 58.6 Å². The fourth-order valence-electron chi connectivity index (χ4n) is 3.86. The molecule has 0 aromatic heterocycles. The molecule has 0 bridgehead atoms. The number of nitrogens with one attached hydrogen (secondary N) is 1. The molecule has 2 aromatic carbocycles. The van der Waals surface area contributed by atoms with E-state index in [1.807, 2.05) is 58.9 Å². The number of rotatable bonds is 5. The molecule has 28 heavy (non-hydrogen) atoms. The molecule has 5 nitrogen and oxygen atoms in total. The molecule has 1 fully saturated rings. The number of hydrogen-bond donors (Lipinski definition) is 1. The zero-order chi connectivity index (χ0) is 20.4. The van der Waals surface area contributed by atoms with Gasteiger partial charge in [-0.1, -0.05) is 29.8 Å². The van der Waals surface area contributed by atoms with Crippen molar-refractivity contribution >= 4 is 23.2 Å². The van der Waals surface area contributed by atoms with Gasteiger partial charge in [0.05, 0.1) is 17.7 Å². The fourth-order valence-corrected chi connectivity index (χ4v) is 3.86. The number of ether oxygens (including phenoxy) is 1. The van der Waals surface area contributed by atoms with Gasteiger partial charge in [0.15, 0.2) is 0 Å². The van der Waals surface area contributed by atoms with Crippen molar-refractivity contribution in [3.05, 3.63) is 53.1 Å². The van der Waals surface area contributed by atoms with E-state index < -0.39 is 0 Å². The molecule has 1 saturated heterocycles. The van der Waals surface area contributed by atoms with E-state index in [4.69, 9.17) is 4.74 Å². The van der Waals surface area contributed by atoms with Crippen LogP contribution in [0.15, 0.2) is 36.4 Å². The molecule has 1 atom stereocenters. The lowest BCUT2D eigenvalue weighted by Crippen LogP contribution is -2.29. The fraction of sp³-hybridized carbons (Fsp3) is 0.391. The van der Waals surface area contributed by atoms with Gasteiger partial charge < -0.3 is 15.0 Å². The van der Waals surface area contributed by atoms with Crippen molar-refractivity contribution < 1.29 is 14.3 Å². The second kappa shape index (κ2) is 8.05. The first-order valence-corrected chi connectivity index (χ1v) is 9.71. The number of para-hydroxylation sites is 2. The molecule has 1 aliphatic heterocycles. The molecule has 0 spiro atoms. The standard InChI is InChI=1S/C23H28N2O3/c1-14(2)28-20-9-7-6-8-19(20)24-23(27)18-12-21(26)25(13-18)22-16(4)10-15(3)11-17(22)5/h6-11,14,18H,12-13H2,1-5H3,(H,24,27). The lowest BCUT2D eigenvalue weighted by atomic mass is 10.0. The number of nitrogens with zero attached hydrogens (tertiary/aromatic N) is 1. The summed E-state index contributed by atoms with van der Waals surface area (Å²) in [6, 6.07) is 11.5. The minimum absolute atomic E-state index is 0.00842. The molecule has 2 aromatic rings. The van der Waals surface area contributed by atoms with E-state index in [1.165, 1.54) is 5.56 Å². The quantitative estimate of drug-likeness (QED) is 0.837. The smallest absolute Gasteiger partial charge is 0.229 e. The zero-order valence-corrected chi connectivity index (χ0v) is 17.2. The van der Waals surface area contributed by atoms with Gasteiger partial charge in [-0.3, -0.25) is 9.59 Å². The SMILES string of the molecule is Cc1cc(C)c(N2CC(C(=O)Nc3ccccc3OC(C)C)CC2=O)c(C)c1. The van der Waals surface area contributed by atoms with Crippen molar-refractivity contribution in [3.8, 4) is 5.75 Å². The van der Waals surface area contributed by atoms with Crippen molar-refractivity contribution in [2.75, 3.05) is 16.8 Å². The molecule has 2 amide bonds. The third kappa shape index (κ3) is 4.19. The molecular formula is C23H28N2O3. The first kappa shape index (κ1) is 19.9. The highest BCUT2D eigenvalue weighted by atomic mass is 16.5. The maximum atomic E-state index is 12.9. The second-order valence-corrected chi connectivity index (χ2v) is 7.80. The summed E-state index contributed by atoms with van der Waals surface area (Å²) in [6.45, 7) is 10.3. The van der Waals surface area contributed by atoms with Crippen LogP contribution < -0.4 is 15.0 Å². The third-order valence-corrected chi connectivity index (χ3v) is 4.91. The Hall–Kier alpha value is -2.82. The Morgan fingerprint density at radius 1 is 1.14 bits per heavy atom. The molecule has 0 radical (unpaired) electrons. The minimum Gasteiger partial charge on any atom is -0.489 e. The van der Waals surface area contributed by atoms with E-state index in [2.05, 4.69) is 17.4 Å². The van der Waals surface area contributed by atoms with Crippen LogP contribution in [0.3, 0.4) is 0 Å². The summed E-state index contributed by atoms with van der Waals surface area (Å²) < 4.78 is 5.77. The average Bonchev–Trinajstić information content (AvgIpc) is 2.97. The second-order valence-electron chi connectivity index (χ2n) is 7.80. The molecule has 3 rings (SSSR count). The first-order valence-electron chi connectivity index (χ1n) is 9.71. The van der Waals surface area contributed by atoms with Gasteiger partial charge >= 0.3 is 0 Å². The lowest BCUT2D eigenvalue weighted by molar-refractivity contribution is -0.122. The highest BCUT2D eigenvalue weighted by Crippen LogP contribution is 2.33. The molecule has 0 saturated carbocycles. The monoisotopic (exact) mass is 380 g/mol. The number of carbonyl (C=O) groups excluding carboxylic acids is 2. The molecular weight excluding hydrogens is 352 g/mol. The average molecular weight is 380 g/mol. The molecule has 148 valence electrons. The molecule has 0 aliphatic carbocycles. The Bertz CT molecular complexity index is 881. The predicted octanol–water partition coefficient (Wildman–Crippen LogP) is 4.39. The van der Waals surface area contributed by atoms with E-state index in [-0.39, 0.29) is 30.3 Å². The number of anilines is 2. The van der Waals surface area contributed by atoms with Crippen LogP contribution in [-0.2, 0) is 9.59 Å². The largest absolute Gasteiger partial charge is 0.489 e. The molecule has 1 N–H and O–H groups in total. The number of aryl methyl sites for hydroxylation is 3. The third-order valence-electron chi connectivity index (χ3n) is 4.91. The van der Waals surface area contributed by atoms with Crippen molar-refractivity contribution in [1.29, 1.82) is 0 Å². The molecule has 1 unspecified atom stereocenters. The van der Waals surface area contributed by atoms with E-state index in [9.17, 15) is 9.59 Å². The van der Waals surface area contributed by atoms with E-state index >= 15 is 0 Å². The molecule has 5 heteroatoms. The van der Waals surface area contributed by atoms with Crippen LogP contribution in [0.5, 0.6) is 5.75 Å². The summed E-state index contributed by atoms with van der Waals surface area (Å²) >= 11 is 0. The lowest BCUT2D eigenvalue weighted by Gasteiger charge is -2.22. The van der Waals surface area contributed by atoms with Gasteiger partial charge in [0.2, 0.25) is 11.8 Å². The Labute approximate surface area is 166 Å². The van der Waals surface area contributed by atoms with Crippen LogP contribution >= 0.6 is 0 Å². The van der Waals surface area contributed by atoms with Gasteiger partial charge in [-0.25, -0.2) is 0 Å².